The first kappa shape index (κ1) is 20.1. The fourth-order valence-corrected chi connectivity index (χ4v) is 1.48. The molecule has 0 aliphatic rings. The molecule has 0 radical (unpaired) electrons. The number of aromatic carboxylic acids is 1. The van der Waals surface area contributed by atoms with Gasteiger partial charge in [-0.2, -0.15) is 0 Å². The monoisotopic (exact) mass is 314 g/mol. The van der Waals surface area contributed by atoms with Crippen molar-refractivity contribution in [2.24, 2.45) is 0 Å². The molecule has 2 aromatic carbocycles. The normalized spacial score (nSPS) is 8.82. The first-order chi connectivity index (χ1) is 10.0. The van der Waals surface area contributed by atoms with Gasteiger partial charge in [0.25, 0.3) is 0 Å². The second-order valence-corrected chi connectivity index (χ2v) is 3.82. The van der Waals surface area contributed by atoms with Gasteiger partial charge < -0.3 is 29.6 Å². The number of carboxylic acid groups (broad SMARTS) is 1. The van der Waals surface area contributed by atoms with Crippen LogP contribution in [0.5, 0.6) is 23.0 Å². The van der Waals surface area contributed by atoms with Crippen LogP contribution in [0, 0.1) is 0 Å². The van der Waals surface area contributed by atoms with Crippen LogP contribution in [0.4, 0.5) is 0 Å². The number of methoxy groups -OCH3 is 2. The van der Waals surface area contributed by atoms with Crippen molar-refractivity contribution in [3.05, 3.63) is 48.0 Å². The van der Waals surface area contributed by atoms with E-state index in [0.717, 1.165) is 0 Å². The van der Waals surface area contributed by atoms with Crippen LogP contribution in [0.25, 0.3) is 0 Å². The van der Waals surface area contributed by atoms with Gasteiger partial charge in [-0.25, -0.2) is 0 Å². The van der Waals surface area contributed by atoms with Crippen LogP contribution in [0.1, 0.15) is 10.4 Å². The van der Waals surface area contributed by atoms with E-state index in [2.05, 4.69) is 0 Å². The Morgan fingerprint density at radius 1 is 0.955 bits per heavy atom. The molecule has 0 aliphatic heterocycles. The number of hydrogen-bond acceptors (Lipinski definition) is 6. The third kappa shape index (κ3) is 5.48. The van der Waals surface area contributed by atoms with Crippen LogP contribution >= 0.6 is 0 Å². The van der Waals surface area contributed by atoms with Crippen LogP contribution in [-0.2, 0) is 0 Å². The van der Waals surface area contributed by atoms with Crippen LogP contribution < -0.4 is 44.1 Å². The van der Waals surface area contributed by atoms with E-state index in [4.69, 9.17) is 14.6 Å². The number of carbonyl (C=O) groups is 1. The van der Waals surface area contributed by atoms with Gasteiger partial charge in [0.2, 0.25) is 0 Å². The van der Waals surface area contributed by atoms with Crippen molar-refractivity contribution in [2.75, 3.05) is 14.2 Å². The summed E-state index contributed by atoms with van der Waals surface area (Å²) in [5, 5.41) is 28.6. The van der Waals surface area contributed by atoms with Crippen molar-refractivity contribution in [3.8, 4) is 23.0 Å². The van der Waals surface area contributed by atoms with Gasteiger partial charge in [-0.1, -0.05) is 18.2 Å². The number of aromatic hydroxyl groups is 2. The minimum Gasteiger partial charge on any atom is -0.545 e. The topological polar surface area (TPSA) is 99.1 Å². The number of carboxylic acids is 1. The minimum absolute atomic E-state index is 0. The molecule has 0 saturated heterocycles. The first-order valence-corrected chi connectivity index (χ1v) is 5.90. The maximum absolute atomic E-state index is 10.4. The molecule has 0 atom stereocenters. The van der Waals surface area contributed by atoms with Gasteiger partial charge in [-0.15, -0.1) is 0 Å². The van der Waals surface area contributed by atoms with E-state index in [1.54, 1.807) is 24.3 Å². The summed E-state index contributed by atoms with van der Waals surface area (Å²) in [5.74, 6) is -1.01. The van der Waals surface area contributed by atoms with Crippen LogP contribution in [0.2, 0.25) is 0 Å². The minimum atomic E-state index is -1.42. The van der Waals surface area contributed by atoms with Crippen molar-refractivity contribution >= 4 is 5.97 Å². The Hall–Kier alpha value is -1.89. The van der Waals surface area contributed by atoms with E-state index in [0.29, 0.717) is 5.75 Å². The molecule has 0 unspecified atom stereocenters. The van der Waals surface area contributed by atoms with Gasteiger partial charge in [0.05, 0.1) is 20.2 Å². The molecule has 0 heterocycles. The van der Waals surface area contributed by atoms with Crippen molar-refractivity contribution in [3.63, 3.8) is 0 Å². The van der Waals surface area contributed by atoms with Gasteiger partial charge in [0.15, 0.2) is 23.0 Å². The standard InChI is InChI=1S/C8H8O4.C7H8O2.Na/c1-12-6-4-2-3-5(7(6)9)8(10)11;1-9-7-5-3-2-4-6(7)8;/h2-4,9H,1H3,(H,10,11);2-5,8H,1H3;/q;;+1/p-1. The molecule has 0 aliphatic carbocycles. The van der Waals surface area contributed by atoms with E-state index >= 15 is 0 Å². The van der Waals surface area contributed by atoms with E-state index < -0.39 is 11.7 Å². The number of rotatable bonds is 3. The third-order valence-electron chi connectivity index (χ3n) is 2.52. The van der Waals surface area contributed by atoms with Gasteiger partial charge in [-0.05, 0) is 24.3 Å². The number of phenolic OH excluding ortho intramolecular Hbond substituents is 1. The Bertz CT molecular complexity index is 615. The third-order valence-corrected chi connectivity index (χ3v) is 2.52. The molecular formula is C15H15NaO6. The zero-order valence-corrected chi connectivity index (χ0v) is 14.6. The molecule has 2 aromatic rings. The Morgan fingerprint density at radius 3 is 1.95 bits per heavy atom. The second-order valence-electron chi connectivity index (χ2n) is 3.82. The van der Waals surface area contributed by atoms with Gasteiger partial charge in [0.1, 0.15) is 0 Å². The van der Waals surface area contributed by atoms with Crippen molar-refractivity contribution in [2.45, 2.75) is 0 Å². The van der Waals surface area contributed by atoms with Crippen molar-refractivity contribution in [1.82, 2.24) is 0 Å². The molecule has 7 heteroatoms. The van der Waals surface area contributed by atoms with Gasteiger partial charge in [-0.3, -0.25) is 0 Å². The molecule has 0 bridgehead atoms. The molecule has 0 amide bonds. The second kappa shape index (κ2) is 9.94. The predicted octanol–water partition coefficient (Wildman–Crippen LogP) is -1.83. The molecule has 112 valence electrons. The van der Waals surface area contributed by atoms with Crippen LogP contribution in [-0.4, -0.2) is 30.4 Å². The summed E-state index contributed by atoms with van der Waals surface area (Å²) < 4.78 is 9.49. The molecule has 2 rings (SSSR count). The van der Waals surface area contributed by atoms with E-state index in [9.17, 15) is 15.0 Å². The van der Waals surface area contributed by atoms with E-state index in [1.807, 2.05) is 0 Å². The maximum Gasteiger partial charge on any atom is 1.00 e. The molecule has 0 spiro atoms. The number of para-hydroxylation sites is 3. The summed E-state index contributed by atoms with van der Waals surface area (Å²) in [5.41, 5.74) is -0.269. The van der Waals surface area contributed by atoms with Crippen LogP contribution in [0.3, 0.4) is 0 Å². The zero-order chi connectivity index (χ0) is 15.8. The SMILES string of the molecule is COc1cccc(C(=O)[O-])c1O.COc1ccccc1O.[Na+]. The summed E-state index contributed by atoms with van der Waals surface area (Å²) in [6.45, 7) is 0. The number of ether oxygens (including phenoxy) is 2. The number of benzene rings is 2. The fraction of sp³-hybridized carbons (Fsp3) is 0.133. The Kier molecular flexibility index (Phi) is 9.09. The Labute approximate surface area is 150 Å². The molecule has 22 heavy (non-hydrogen) atoms. The van der Waals surface area contributed by atoms with E-state index in [-0.39, 0.29) is 46.6 Å². The number of hydrogen-bond donors (Lipinski definition) is 2. The summed E-state index contributed by atoms with van der Waals surface area (Å²) in [7, 11) is 2.86. The summed E-state index contributed by atoms with van der Waals surface area (Å²) in [4.78, 5) is 10.4. The predicted molar refractivity (Wildman–Crippen MR) is 73.6 cm³/mol. The summed E-state index contributed by atoms with van der Waals surface area (Å²) >= 11 is 0. The zero-order valence-electron chi connectivity index (χ0n) is 12.6. The van der Waals surface area contributed by atoms with Crippen LogP contribution in [0.15, 0.2) is 42.5 Å². The van der Waals surface area contributed by atoms with Crippen molar-refractivity contribution < 1.29 is 59.1 Å². The number of carbonyl (C=O) groups excluding carboxylic acids is 1. The summed E-state index contributed by atoms with van der Waals surface area (Å²) in [6, 6.07) is 11.0. The van der Waals surface area contributed by atoms with E-state index in [1.165, 1.54) is 32.4 Å². The summed E-state index contributed by atoms with van der Waals surface area (Å²) in [6.07, 6.45) is 0. The first-order valence-electron chi connectivity index (χ1n) is 5.90. The largest absolute Gasteiger partial charge is 1.00 e. The van der Waals surface area contributed by atoms with Crippen molar-refractivity contribution in [1.29, 1.82) is 0 Å². The molecule has 6 nitrogen and oxygen atoms in total. The van der Waals surface area contributed by atoms with Gasteiger partial charge in [0, 0.05) is 5.56 Å². The average Bonchev–Trinajstić information content (AvgIpc) is 2.48. The number of phenols is 2. The Balaban J connectivity index is 0.000000397. The molecule has 0 fully saturated rings. The molecule has 2 N–H and O–H groups in total. The average molecular weight is 314 g/mol. The maximum atomic E-state index is 10.4. The Morgan fingerprint density at radius 2 is 1.50 bits per heavy atom. The quantitative estimate of drug-likeness (QED) is 0.647. The molecule has 0 saturated carbocycles. The molecular weight excluding hydrogens is 299 g/mol. The fourth-order valence-electron chi connectivity index (χ4n) is 1.48. The molecule has 0 aromatic heterocycles. The van der Waals surface area contributed by atoms with Gasteiger partial charge >= 0.3 is 29.6 Å². The smallest absolute Gasteiger partial charge is 0.545 e.